The lowest BCUT2D eigenvalue weighted by molar-refractivity contribution is -0.141. The van der Waals surface area contributed by atoms with Gasteiger partial charge in [-0.05, 0) is 12.1 Å². The Hall–Kier alpha value is -2.18. The number of alkyl halides is 3. The molecule has 1 amide bonds. The highest BCUT2D eigenvalue weighted by Gasteiger charge is 2.38. The summed E-state index contributed by atoms with van der Waals surface area (Å²) in [6.45, 7) is 0. The van der Waals surface area contributed by atoms with Crippen molar-refractivity contribution in [3.63, 3.8) is 0 Å². The monoisotopic (exact) mass is 241 g/mol. The van der Waals surface area contributed by atoms with Crippen molar-refractivity contribution in [3.8, 4) is 0 Å². The fraction of sp³-hybridized carbons (Fsp3) is 0.100. The van der Waals surface area contributed by atoms with Gasteiger partial charge in [0, 0.05) is 0 Å². The number of fused-ring (bicyclic) bond motifs is 1. The van der Waals surface area contributed by atoms with Gasteiger partial charge >= 0.3 is 6.18 Å². The van der Waals surface area contributed by atoms with Gasteiger partial charge in [-0.25, -0.2) is 9.97 Å². The third kappa shape index (κ3) is 2.03. The second-order valence-corrected chi connectivity index (χ2v) is 3.27. The summed E-state index contributed by atoms with van der Waals surface area (Å²) < 4.78 is 37.9. The fourth-order valence-corrected chi connectivity index (χ4v) is 1.37. The Balaban J connectivity index is 2.80. The topological polar surface area (TPSA) is 68.9 Å². The first-order valence-corrected chi connectivity index (χ1v) is 4.53. The van der Waals surface area contributed by atoms with Gasteiger partial charge in [0.2, 0.25) is 0 Å². The van der Waals surface area contributed by atoms with Crippen molar-refractivity contribution in [2.24, 2.45) is 5.73 Å². The lowest BCUT2D eigenvalue weighted by atomic mass is 10.2. The number of carbonyl (C=O) groups is 1. The number of benzene rings is 1. The van der Waals surface area contributed by atoms with Crippen LogP contribution in [0.1, 0.15) is 16.2 Å². The Morgan fingerprint density at radius 2 is 1.65 bits per heavy atom. The molecular formula is C10H6F3N3O. The van der Waals surface area contributed by atoms with Crippen molar-refractivity contribution in [2.45, 2.75) is 6.18 Å². The van der Waals surface area contributed by atoms with Crippen LogP contribution in [0.25, 0.3) is 11.0 Å². The Morgan fingerprint density at radius 3 is 2.12 bits per heavy atom. The molecule has 17 heavy (non-hydrogen) atoms. The highest BCUT2D eigenvalue weighted by atomic mass is 19.4. The number of aromatic nitrogens is 2. The summed E-state index contributed by atoms with van der Waals surface area (Å²) in [6.07, 6.45) is -4.76. The molecule has 1 aromatic heterocycles. The lowest BCUT2D eigenvalue weighted by Crippen LogP contribution is -2.22. The summed E-state index contributed by atoms with van der Waals surface area (Å²) in [6, 6.07) is 5.94. The number of amides is 1. The predicted octanol–water partition coefficient (Wildman–Crippen LogP) is 1.75. The van der Waals surface area contributed by atoms with Crippen LogP contribution in [0.3, 0.4) is 0 Å². The minimum atomic E-state index is -4.76. The average Bonchev–Trinajstić information content (AvgIpc) is 2.26. The molecule has 0 spiro atoms. The second kappa shape index (κ2) is 3.69. The third-order valence-corrected chi connectivity index (χ3v) is 2.07. The highest BCUT2D eigenvalue weighted by Crippen LogP contribution is 2.30. The van der Waals surface area contributed by atoms with Gasteiger partial charge in [0.1, 0.15) is 0 Å². The van der Waals surface area contributed by atoms with E-state index in [1.807, 2.05) is 0 Å². The van der Waals surface area contributed by atoms with E-state index in [0.29, 0.717) is 0 Å². The first-order valence-electron chi connectivity index (χ1n) is 4.53. The van der Waals surface area contributed by atoms with Crippen molar-refractivity contribution in [1.29, 1.82) is 0 Å². The molecule has 1 aromatic carbocycles. The molecule has 2 N–H and O–H groups in total. The van der Waals surface area contributed by atoms with Gasteiger partial charge < -0.3 is 5.73 Å². The van der Waals surface area contributed by atoms with Gasteiger partial charge in [-0.3, -0.25) is 4.79 Å². The molecule has 2 rings (SSSR count). The van der Waals surface area contributed by atoms with E-state index in [0.717, 1.165) is 0 Å². The van der Waals surface area contributed by atoms with Gasteiger partial charge in [-0.1, -0.05) is 12.1 Å². The summed E-state index contributed by atoms with van der Waals surface area (Å²) in [7, 11) is 0. The van der Waals surface area contributed by atoms with Gasteiger partial charge in [0.05, 0.1) is 11.0 Å². The van der Waals surface area contributed by atoms with Crippen LogP contribution >= 0.6 is 0 Å². The summed E-state index contributed by atoms with van der Waals surface area (Å²) in [4.78, 5) is 17.9. The highest BCUT2D eigenvalue weighted by molar-refractivity contribution is 5.94. The largest absolute Gasteiger partial charge is 0.435 e. The maximum atomic E-state index is 12.6. The van der Waals surface area contributed by atoms with Gasteiger partial charge in [-0.15, -0.1) is 0 Å². The van der Waals surface area contributed by atoms with Crippen LogP contribution in [0.15, 0.2) is 24.3 Å². The zero-order valence-corrected chi connectivity index (χ0v) is 8.32. The number of nitrogens with two attached hydrogens (primary N) is 1. The molecule has 0 saturated carbocycles. The summed E-state index contributed by atoms with van der Waals surface area (Å²) in [5.41, 5.74) is 2.89. The second-order valence-electron chi connectivity index (χ2n) is 3.27. The van der Waals surface area contributed by atoms with Gasteiger partial charge in [-0.2, -0.15) is 13.2 Å². The Labute approximate surface area is 93.3 Å². The molecule has 0 aliphatic carbocycles. The van der Waals surface area contributed by atoms with Crippen molar-refractivity contribution in [2.75, 3.05) is 0 Å². The molecule has 4 nitrogen and oxygen atoms in total. The molecule has 0 fully saturated rings. The molecule has 2 aromatic rings. The van der Waals surface area contributed by atoms with Crippen molar-refractivity contribution >= 4 is 16.9 Å². The Kier molecular flexibility index (Phi) is 2.45. The smallest absolute Gasteiger partial charge is 0.364 e. The number of halogens is 3. The number of nitrogens with zero attached hydrogens (tertiary/aromatic N) is 2. The predicted molar refractivity (Wildman–Crippen MR) is 53.1 cm³/mol. The normalized spacial score (nSPS) is 11.7. The van der Waals surface area contributed by atoms with Crippen LogP contribution in [0.4, 0.5) is 13.2 Å². The Bertz CT molecular complexity index is 595. The van der Waals surface area contributed by atoms with Crippen molar-refractivity contribution in [1.82, 2.24) is 9.97 Å². The van der Waals surface area contributed by atoms with Crippen LogP contribution in [-0.4, -0.2) is 15.9 Å². The van der Waals surface area contributed by atoms with E-state index in [4.69, 9.17) is 5.73 Å². The van der Waals surface area contributed by atoms with Crippen LogP contribution in [-0.2, 0) is 6.18 Å². The SMILES string of the molecule is NC(=O)c1nc2ccccc2nc1C(F)(F)F. The quantitative estimate of drug-likeness (QED) is 0.826. The van der Waals surface area contributed by atoms with Crippen molar-refractivity contribution in [3.05, 3.63) is 35.7 Å². The van der Waals surface area contributed by atoms with E-state index < -0.39 is 23.5 Å². The van der Waals surface area contributed by atoms with Crippen LogP contribution in [0.2, 0.25) is 0 Å². The maximum absolute atomic E-state index is 12.6. The van der Waals surface area contributed by atoms with Crippen LogP contribution < -0.4 is 5.73 Å². The number of rotatable bonds is 1. The summed E-state index contributed by atoms with van der Waals surface area (Å²) in [5.74, 6) is -1.25. The molecule has 7 heteroatoms. The molecule has 1 heterocycles. The number of primary amides is 1. The molecule has 0 aliphatic heterocycles. The molecule has 0 radical (unpaired) electrons. The average molecular weight is 241 g/mol. The zero-order valence-electron chi connectivity index (χ0n) is 8.32. The Morgan fingerprint density at radius 1 is 1.12 bits per heavy atom. The van der Waals surface area contributed by atoms with Gasteiger partial charge in [0.25, 0.3) is 5.91 Å². The molecular weight excluding hydrogens is 235 g/mol. The minimum absolute atomic E-state index is 0.0600. The molecule has 0 bridgehead atoms. The van der Waals surface area contributed by atoms with Crippen LogP contribution in [0.5, 0.6) is 0 Å². The number of para-hydroxylation sites is 2. The molecule has 0 aliphatic rings. The molecule has 0 atom stereocenters. The fourth-order valence-electron chi connectivity index (χ4n) is 1.37. The van der Waals surface area contributed by atoms with Crippen molar-refractivity contribution < 1.29 is 18.0 Å². The summed E-state index contributed by atoms with van der Waals surface area (Å²) >= 11 is 0. The van der Waals surface area contributed by atoms with Crippen LogP contribution in [0, 0.1) is 0 Å². The number of carbonyl (C=O) groups excluding carboxylic acids is 1. The lowest BCUT2D eigenvalue weighted by Gasteiger charge is -2.09. The van der Waals surface area contributed by atoms with Gasteiger partial charge in [0.15, 0.2) is 11.4 Å². The first-order chi connectivity index (χ1) is 7.89. The third-order valence-electron chi connectivity index (χ3n) is 2.07. The van der Waals surface area contributed by atoms with E-state index in [9.17, 15) is 18.0 Å². The molecule has 88 valence electrons. The molecule has 0 saturated heterocycles. The first kappa shape index (κ1) is 11.3. The standard InChI is InChI=1S/C10H6F3N3O/c11-10(12,13)8-7(9(14)17)15-5-3-1-2-4-6(5)16-8/h1-4H,(H2,14,17). The zero-order chi connectivity index (χ0) is 12.6. The number of hydrogen-bond donors (Lipinski definition) is 1. The van der Waals surface area contributed by atoms with E-state index in [1.54, 1.807) is 6.07 Å². The maximum Gasteiger partial charge on any atom is 0.435 e. The molecule has 0 unspecified atom stereocenters. The van der Waals surface area contributed by atoms with E-state index in [2.05, 4.69) is 9.97 Å². The number of hydrogen-bond acceptors (Lipinski definition) is 3. The van der Waals surface area contributed by atoms with E-state index in [1.165, 1.54) is 18.2 Å². The van der Waals surface area contributed by atoms with E-state index in [-0.39, 0.29) is 11.0 Å². The van der Waals surface area contributed by atoms with E-state index >= 15 is 0 Å². The minimum Gasteiger partial charge on any atom is -0.364 e. The summed E-state index contributed by atoms with van der Waals surface area (Å²) in [5, 5.41) is 0.